The van der Waals surface area contributed by atoms with Crippen LogP contribution in [0.3, 0.4) is 0 Å². The summed E-state index contributed by atoms with van der Waals surface area (Å²) in [6.45, 7) is 7.56. The van der Waals surface area contributed by atoms with Gasteiger partial charge in [-0.2, -0.15) is 0 Å². The SMILES string of the molecule is Cc1coc(CC(=O)O)c1C(=O)N1CCC(C)C(C)C1. The van der Waals surface area contributed by atoms with Crippen LogP contribution in [0.1, 0.15) is 41.9 Å². The highest BCUT2D eigenvalue weighted by atomic mass is 16.4. The summed E-state index contributed by atoms with van der Waals surface area (Å²) in [5, 5.41) is 8.88. The number of carboxylic acid groups (broad SMARTS) is 1. The third-order valence-corrected chi connectivity index (χ3v) is 4.20. The highest BCUT2D eigenvalue weighted by molar-refractivity contribution is 5.97. The summed E-state index contributed by atoms with van der Waals surface area (Å²) >= 11 is 0. The Morgan fingerprint density at radius 2 is 2.10 bits per heavy atom. The molecule has 0 saturated carbocycles. The molecule has 5 heteroatoms. The topological polar surface area (TPSA) is 70.7 Å². The second kappa shape index (κ2) is 5.69. The Balaban J connectivity index is 2.21. The van der Waals surface area contributed by atoms with Gasteiger partial charge in [0.05, 0.1) is 11.8 Å². The van der Waals surface area contributed by atoms with Gasteiger partial charge in [0.1, 0.15) is 12.2 Å². The predicted molar refractivity (Wildman–Crippen MR) is 73.6 cm³/mol. The Morgan fingerprint density at radius 3 is 2.70 bits per heavy atom. The van der Waals surface area contributed by atoms with Crippen molar-refractivity contribution in [1.29, 1.82) is 0 Å². The predicted octanol–water partition coefficient (Wildman–Crippen LogP) is 2.33. The van der Waals surface area contributed by atoms with E-state index in [2.05, 4.69) is 13.8 Å². The molecule has 2 unspecified atom stereocenters. The summed E-state index contributed by atoms with van der Waals surface area (Å²) in [6, 6.07) is 0. The van der Waals surface area contributed by atoms with Gasteiger partial charge in [0.15, 0.2) is 0 Å². The number of nitrogens with zero attached hydrogens (tertiary/aromatic N) is 1. The monoisotopic (exact) mass is 279 g/mol. The van der Waals surface area contributed by atoms with E-state index in [4.69, 9.17) is 9.52 Å². The normalized spacial score (nSPS) is 22.9. The summed E-state index contributed by atoms with van der Waals surface area (Å²) in [5.41, 5.74) is 1.13. The number of carbonyl (C=O) groups is 2. The van der Waals surface area contributed by atoms with E-state index < -0.39 is 5.97 Å². The van der Waals surface area contributed by atoms with Gasteiger partial charge in [-0.1, -0.05) is 13.8 Å². The molecule has 1 aliphatic heterocycles. The van der Waals surface area contributed by atoms with E-state index in [1.807, 2.05) is 4.90 Å². The summed E-state index contributed by atoms with van der Waals surface area (Å²) in [6.07, 6.45) is 2.19. The first-order chi connectivity index (χ1) is 9.40. The molecule has 0 spiro atoms. The fourth-order valence-electron chi connectivity index (χ4n) is 2.66. The van der Waals surface area contributed by atoms with Crippen molar-refractivity contribution in [2.45, 2.75) is 33.6 Å². The fourth-order valence-corrected chi connectivity index (χ4v) is 2.66. The number of hydrogen-bond acceptors (Lipinski definition) is 3. The van der Waals surface area contributed by atoms with Crippen LogP contribution >= 0.6 is 0 Å². The van der Waals surface area contributed by atoms with Gasteiger partial charge in [0.25, 0.3) is 5.91 Å². The molecule has 110 valence electrons. The molecular formula is C15H21NO4. The number of hydrogen-bond donors (Lipinski definition) is 1. The Hall–Kier alpha value is -1.78. The van der Waals surface area contributed by atoms with Crippen LogP contribution < -0.4 is 0 Å². The van der Waals surface area contributed by atoms with Crippen LogP contribution in [0.15, 0.2) is 10.7 Å². The van der Waals surface area contributed by atoms with Gasteiger partial charge < -0.3 is 14.4 Å². The first-order valence-electron chi connectivity index (χ1n) is 6.98. The average Bonchev–Trinajstić information content (AvgIpc) is 2.72. The molecule has 1 aromatic rings. The van der Waals surface area contributed by atoms with Gasteiger partial charge in [-0.15, -0.1) is 0 Å². The minimum atomic E-state index is -0.992. The lowest BCUT2D eigenvalue weighted by Gasteiger charge is -2.35. The van der Waals surface area contributed by atoms with Gasteiger partial charge >= 0.3 is 5.97 Å². The maximum atomic E-state index is 12.6. The number of rotatable bonds is 3. The first kappa shape index (κ1) is 14.6. The van der Waals surface area contributed by atoms with E-state index in [9.17, 15) is 9.59 Å². The van der Waals surface area contributed by atoms with E-state index in [-0.39, 0.29) is 18.1 Å². The molecule has 2 heterocycles. The van der Waals surface area contributed by atoms with Crippen molar-refractivity contribution in [3.05, 3.63) is 23.2 Å². The number of aryl methyl sites for hydroxylation is 1. The molecule has 1 aromatic heterocycles. The van der Waals surface area contributed by atoms with Crippen LogP contribution in [0, 0.1) is 18.8 Å². The van der Waals surface area contributed by atoms with E-state index in [1.54, 1.807) is 6.92 Å². The second-order valence-corrected chi connectivity index (χ2v) is 5.78. The number of likely N-dealkylation sites (tertiary alicyclic amines) is 1. The van der Waals surface area contributed by atoms with Gasteiger partial charge in [-0.05, 0) is 25.2 Å². The smallest absolute Gasteiger partial charge is 0.311 e. The molecule has 0 aliphatic carbocycles. The summed E-state index contributed by atoms with van der Waals surface area (Å²) in [5.74, 6) is 0.234. The van der Waals surface area contributed by atoms with Gasteiger partial charge in [-0.3, -0.25) is 9.59 Å². The molecule has 0 bridgehead atoms. The minimum Gasteiger partial charge on any atom is -0.481 e. The lowest BCUT2D eigenvalue weighted by molar-refractivity contribution is -0.136. The zero-order valence-corrected chi connectivity index (χ0v) is 12.2. The van der Waals surface area contributed by atoms with E-state index in [0.29, 0.717) is 23.0 Å². The van der Waals surface area contributed by atoms with Crippen LogP contribution in [0.5, 0.6) is 0 Å². The molecular weight excluding hydrogens is 258 g/mol. The zero-order valence-electron chi connectivity index (χ0n) is 12.2. The van der Waals surface area contributed by atoms with Crippen LogP contribution in [0.25, 0.3) is 0 Å². The Kier molecular flexibility index (Phi) is 4.16. The molecule has 1 aliphatic rings. The molecule has 20 heavy (non-hydrogen) atoms. The molecule has 1 N–H and O–H groups in total. The molecule has 1 fully saturated rings. The van der Waals surface area contributed by atoms with Crippen molar-refractivity contribution < 1.29 is 19.1 Å². The van der Waals surface area contributed by atoms with Gasteiger partial charge in [0.2, 0.25) is 0 Å². The summed E-state index contributed by atoms with van der Waals surface area (Å²) in [4.78, 5) is 25.3. The van der Waals surface area contributed by atoms with Gasteiger partial charge in [-0.25, -0.2) is 0 Å². The van der Waals surface area contributed by atoms with Crippen molar-refractivity contribution in [2.75, 3.05) is 13.1 Å². The Morgan fingerprint density at radius 1 is 1.40 bits per heavy atom. The third kappa shape index (κ3) is 2.86. The van der Waals surface area contributed by atoms with E-state index in [1.165, 1.54) is 6.26 Å². The lowest BCUT2D eigenvalue weighted by Crippen LogP contribution is -2.42. The highest BCUT2D eigenvalue weighted by Crippen LogP contribution is 2.26. The largest absolute Gasteiger partial charge is 0.481 e. The summed E-state index contributed by atoms with van der Waals surface area (Å²) < 4.78 is 5.24. The van der Waals surface area contributed by atoms with Crippen LogP contribution in [0.2, 0.25) is 0 Å². The van der Waals surface area contributed by atoms with Crippen LogP contribution in [0.4, 0.5) is 0 Å². The van der Waals surface area contributed by atoms with Gasteiger partial charge in [0, 0.05) is 18.7 Å². The van der Waals surface area contributed by atoms with Crippen molar-refractivity contribution in [2.24, 2.45) is 11.8 Å². The number of carboxylic acids is 1. The molecule has 5 nitrogen and oxygen atoms in total. The standard InChI is InChI=1S/C15H21NO4/c1-9-4-5-16(7-10(9)2)15(19)14-11(3)8-20-12(14)6-13(17)18/h8-10H,4-7H2,1-3H3,(H,17,18). The lowest BCUT2D eigenvalue weighted by atomic mass is 9.88. The molecule has 2 rings (SSSR count). The highest BCUT2D eigenvalue weighted by Gasteiger charge is 2.30. The molecule has 0 radical (unpaired) electrons. The van der Waals surface area contributed by atoms with Crippen molar-refractivity contribution >= 4 is 11.9 Å². The van der Waals surface area contributed by atoms with Crippen molar-refractivity contribution in [3.63, 3.8) is 0 Å². The van der Waals surface area contributed by atoms with E-state index in [0.717, 1.165) is 19.5 Å². The zero-order chi connectivity index (χ0) is 14.9. The quantitative estimate of drug-likeness (QED) is 0.921. The molecule has 1 saturated heterocycles. The maximum Gasteiger partial charge on any atom is 0.311 e. The van der Waals surface area contributed by atoms with Crippen LogP contribution in [-0.2, 0) is 11.2 Å². The number of amides is 1. The molecule has 1 amide bonds. The number of furan rings is 1. The fraction of sp³-hybridized carbons (Fsp3) is 0.600. The van der Waals surface area contributed by atoms with Crippen molar-refractivity contribution in [1.82, 2.24) is 4.90 Å². The first-order valence-corrected chi connectivity index (χ1v) is 6.98. The maximum absolute atomic E-state index is 12.6. The summed E-state index contributed by atoms with van der Waals surface area (Å²) in [7, 11) is 0. The molecule has 0 aromatic carbocycles. The van der Waals surface area contributed by atoms with Crippen molar-refractivity contribution in [3.8, 4) is 0 Å². The number of aliphatic carboxylic acids is 1. The number of carbonyl (C=O) groups excluding carboxylic acids is 1. The van der Waals surface area contributed by atoms with E-state index >= 15 is 0 Å². The van der Waals surface area contributed by atoms with Crippen LogP contribution in [-0.4, -0.2) is 35.0 Å². The number of piperidine rings is 1. The Labute approximate surface area is 118 Å². The third-order valence-electron chi connectivity index (χ3n) is 4.20. The average molecular weight is 279 g/mol. The Bertz CT molecular complexity index is 520. The molecule has 2 atom stereocenters. The second-order valence-electron chi connectivity index (χ2n) is 5.78. The minimum absolute atomic E-state index is 0.105.